The van der Waals surface area contributed by atoms with E-state index in [0.29, 0.717) is 10.8 Å². The van der Waals surface area contributed by atoms with Gasteiger partial charge in [-0.3, -0.25) is 14.6 Å². The molecule has 0 radical (unpaired) electrons. The maximum absolute atomic E-state index is 12.8. The van der Waals surface area contributed by atoms with E-state index >= 15 is 0 Å². The molecular weight excluding hydrogens is 395 g/mol. The Bertz CT molecular complexity index is 1020. The molecule has 1 aromatic heterocycles. The van der Waals surface area contributed by atoms with E-state index in [2.05, 4.69) is 15.0 Å². The molecule has 2 amide bonds. The highest BCUT2D eigenvalue weighted by atomic mass is 19.4. The Balaban J connectivity index is 2.24. The van der Waals surface area contributed by atoms with Gasteiger partial charge in [0.1, 0.15) is 5.66 Å². The number of nitrogens with one attached hydrogen (secondary N) is 1. The van der Waals surface area contributed by atoms with Crippen LogP contribution in [-0.2, 0) is 20.0 Å². The Morgan fingerprint density at radius 1 is 1.21 bits per heavy atom. The number of amides is 2. The van der Waals surface area contributed by atoms with Crippen LogP contribution in [0.15, 0.2) is 30.6 Å². The number of pyridine rings is 1. The Labute approximate surface area is 161 Å². The van der Waals surface area contributed by atoms with Crippen LogP contribution in [0, 0.1) is 0 Å². The third kappa shape index (κ3) is 3.25. The Kier molecular flexibility index (Phi) is 4.71. The van der Waals surface area contributed by atoms with Crippen molar-refractivity contribution in [3.05, 3.63) is 41.7 Å². The summed E-state index contributed by atoms with van der Waals surface area (Å²) in [5, 5.41) is 3.20. The second-order valence-electron chi connectivity index (χ2n) is 6.57. The number of hydrogen-bond donors (Lipinski definition) is 4. The lowest BCUT2D eigenvalue weighted by Gasteiger charge is -2.41. The third-order valence-corrected chi connectivity index (χ3v) is 4.78. The fourth-order valence-electron chi connectivity index (χ4n) is 3.30. The first-order valence-corrected chi connectivity index (χ1v) is 8.24. The van der Waals surface area contributed by atoms with Crippen molar-refractivity contribution in [1.82, 2.24) is 10.3 Å². The number of aromatic nitrogens is 1. The molecule has 0 bridgehead atoms. The van der Waals surface area contributed by atoms with Gasteiger partial charge in [0.2, 0.25) is 11.5 Å². The molecular formula is C17H16F3N5O4. The molecule has 12 heteroatoms. The van der Waals surface area contributed by atoms with Crippen molar-refractivity contribution >= 4 is 28.6 Å². The summed E-state index contributed by atoms with van der Waals surface area (Å²) < 4.78 is 43.1. The standard InChI is InChI=1S/C17H16F3N5O4/c18-17(19,20)14(28)29-15(2-4-25-13(15)27)16(22,23)11-6-9-7-24-3-1-8(9)5-10(11)12(21)26/h1,3,5-7H,2,4,22-23H2,(H2,21,26)(H,25,27)/t15-/m1/s1. The van der Waals surface area contributed by atoms with Crippen LogP contribution in [0.5, 0.6) is 0 Å². The van der Waals surface area contributed by atoms with Crippen molar-refractivity contribution in [2.24, 2.45) is 17.2 Å². The number of fused-ring (bicyclic) bond motifs is 1. The largest absolute Gasteiger partial charge is 0.490 e. The predicted molar refractivity (Wildman–Crippen MR) is 92.8 cm³/mol. The zero-order valence-corrected chi connectivity index (χ0v) is 14.7. The quantitative estimate of drug-likeness (QED) is 0.399. The molecule has 0 aliphatic carbocycles. The van der Waals surface area contributed by atoms with Crippen molar-refractivity contribution in [2.45, 2.75) is 23.9 Å². The third-order valence-electron chi connectivity index (χ3n) is 4.78. The molecule has 0 unspecified atom stereocenters. The van der Waals surface area contributed by atoms with Crippen molar-refractivity contribution in [1.29, 1.82) is 0 Å². The monoisotopic (exact) mass is 411 g/mol. The number of carbonyl (C=O) groups is 3. The van der Waals surface area contributed by atoms with Gasteiger partial charge in [-0.05, 0) is 23.6 Å². The summed E-state index contributed by atoms with van der Waals surface area (Å²) in [5.74, 6) is -4.76. The zero-order chi connectivity index (χ0) is 21.6. The van der Waals surface area contributed by atoms with Crippen LogP contribution in [-0.4, -0.2) is 41.1 Å². The number of rotatable bonds is 4. The highest BCUT2D eigenvalue weighted by Gasteiger charge is 2.62. The van der Waals surface area contributed by atoms with Crippen molar-refractivity contribution in [3.8, 4) is 0 Å². The molecule has 1 fully saturated rings. The first-order chi connectivity index (χ1) is 13.4. The number of benzene rings is 1. The van der Waals surface area contributed by atoms with E-state index in [1.54, 1.807) is 6.07 Å². The predicted octanol–water partition coefficient (Wildman–Crippen LogP) is -0.232. The fraction of sp³-hybridized carbons (Fsp3) is 0.294. The molecule has 1 aliphatic heterocycles. The number of halogens is 3. The fourth-order valence-corrected chi connectivity index (χ4v) is 3.30. The second-order valence-corrected chi connectivity index (χ2v) is 6.57. The molecule has 154 valence electrons. The van der Waals surface area contributed by atoms with Crippen LogP contribution >= 0.6 is 0 Å². The second kappa shape index (κ2) is 6.67. The van der Waals surface area contributed by atoms with Gasteiger partial charge in [-0.1, -0.05) is 0 Å². The van der Waals surface area contributed by atoms with E-state index in [-0.39, 0.29) is 17.7 Å². The van der Waals surface area contributed by atoms with Crippen molar-refractivity contribution in [3.63, 3.8) is 0 Å². The minimum Gasteiger partial charge on any atom is -0.438 e. The Hall–Kier alpha value is -3.25. The van der Waals surface area contributed by atoms with Gasteiger partial charge in [-0.25, -0.2) is 4.79 Å². The number of primary amides is 1. The van der Waals surface area contributed by atoms with E-state index in [4.69, 9.17) is 17.2 Å². The lowest BCUT2D eigenvalue weighted by molar-refractivity contribution is -0.219. The molecule has 1 aromatic carbocycles. The number of alkyl halides is 3. The molecule has 9 nitrogen and oxygen atoms in total. The maximum Gasteiger partial charge on any atom is 0.490 e. The molecule has 29 heavy (non-hydrogen) atoms. The van der Waals surface area contributed by atoms with Gasteiger partial charge in [-0.2, -0.15) is 13.2 Å². The van der Waals surface area contributed by atoms with Gasteiger partial charge in [0.25, 0.3) is 5.91 Å². The van der Waals surface area contributed by atoms with E-state index < -0.39 is 41.6 Å². The number of ether oxygens (including phenoxy) is 1. The van der Waals surface area contributed by atoms with Gasteiger partial charge >= 0.3 is 12.1 Å². The van der Waals surface area contributed by atoms with Crippen LogP contribution in [0.25, 0.3) is 10.8 Å². The average Bonchev–Trinajstić information content (AvgIpc) is 3.01. The smallest absolute Gasteiger partial charge is 0.438 e. The number of carbonyl (C=O) groups excluding carboxylic acids is 3. The summed E-state index contributed by atoms with van der Waals surface area (Å²) in [6.45, 7) is -0.152. The van der Waals surface area contributed by atoms with Gasteiger partial charge < -0.3 is 27.3 Å². The summed E-state index contributed by atoms with van der Waals surface area (Å²) >= 11 is 0. The van der Waals surface area contributed by atoms with Crippen LogP contribution in [0.3, 0.4) is 0 Å². The zero-order valence-electron chi connectivity index (χ0n) is 14.7. The molecule has 7 N–H and O–H groups in total. The van der Waals surface area contributed by atoms with E-state index in [1.807, 2.05) is 0 Å². The number of hydrogen-bond acceptors (Lipinski definition) is 7. The maximum atomic E-state index is 12.8. The lowest BCUT2D eigenvalue weighted by atomic mass is 9.78. The molecule has 3 rings (SSSR count). The summed E-state index contributed by atoms with van der Waals surface area (Å²) in [6, 6.07) is 4.15. The Morgan fingerprint density at radius 2 is 1.90 bits per heavy atom. The molecule has 1 saturated heterocycles. The van der Waals surface area contributed by atoms with Crippen LogP contribution in [0.1, 0.15) is 22.3 Å². The number of nitrogens with two attached hydrogens (primary N) is 3. The minimum absolute atomic E-state index is 0.152. The molecule has 0 saturated carbocycles. The van der Waals surface area contributed by atoms with Crippen LogP contribution in [0.2, 0.25) is 0 Å². The van der Waals surface area contributed by atoms with Gasteiger partial charge in [-0.15, -0.1) is 0 Å². The van der Waals surface area contributed by atoms with Crippen LogP contribution in [0.4, 0.5) is 13.2 Å². The van der Waals surface area contributed by atoms with Gasteiger partial charge in [0.05, 0.1) is 0 Å². The van der Waals surface area contributed by atoms with Gasteiger partial charge in [0, 0.05) is 41.9 Å². The summed E-state index contributed by atoms with van der Waals surface area (Å²) in [7, 11) is 0. The summed E-state index contributed by atoms with van der Waals surface area (Å²) in [4.78, 5) is 39.9. The number of nitrogens with zero attached hydrogens (tertiary/aromatic N) is 1. The van der Waals surface area contributed by atoms with Crippen LogP contribution < -0.4 is 22.5 Å². The van der Waals surface area contributed by atoms with E-state index in [0.717, 1.165) is 0 Å². The van der Waals surface area contributed by atoms with Crippen molar-refractivity contribution < 1.29 is 32.3 Å². The minimum atomic E-state index is -5.40. The summed E-state index contributed by atoms with van der Waals surface area (Å²) in [6.07, 6.45) is -3.01. The molecule has 2 heterocycles. The molecule has 0 spiro atoms. The highest BCUT2D eigenvalue weighted by molar-refractivity contribution is 6.01. The lowest BCUT2D eigenvalue weighted by Crippen LogP contribution is -2.69. The molecule has 2 aromatic rings. The molecule has 1 atom stereocenters. The summed E-state index contributed by atoms with van der Waals surface area (Å²) in [5.41, 5.74) is 12.0. The highest BCUT2D eigenvalue weighted by Crippen LogP contribution is 2.39. The average molecular weight is 411 g/mol. The van der Waals surface area contributed by atoms with Gasteiger partial charge in [0.15, 0.2) is 0 Å². The first-order valence-electron chi connectivity index (χ1n) is 8.24. The van der Waals surface area contributed by atoms with Crippen molar-refractivity contribution in [2.75, 3.05) is 6.54 Å². The van der Waals surface area contributed by atoms with E-state index in [9.17, 15) is 27.6 Å². The van der Waals surface area contributed by atoms with E-state index in [1.165, 1.54) is 24.5 Å². The number of esters is 1. The topological polar surface area (TPSA) is 163 Å². The SMILES string of the molecule is NC(=O)c1cc2ccncc2cc1C(N)(N)[C@@]1(OC(=O)C(F)(F)F)CCNC1=O. The molecule has 1 aliphatic rings. The normalized spacial score (nSPS) is 19.8. The first kappa shape index (κ1) is 20.5. The Morgan fingerprint density at radius 3 is 2.45 bits per heavy atom.